The molecule has 2 aromatic rings. The second kappa shape index (κ2) is 7.25. The quantitative estimate of drug-likeness (QED) is 0.881. The van der Waals surface area contributed by atoms with E-state index in [4.69, 9.17) is 0 Å². The van der Waals surface area contributed by atoms with Crippen molar-refractivity contribution < 1.29 is 9.59 Å². The van der Waals surface area contributed by atoms with Crippen LogP contribution in [0.3, 0.4) is 0 Å². The highest BCUT2D eigenvalue weighted by atomic mass is 16.2. The van der Waals surface area contributed by atoms with Crippen LogP contribution < -0.4 is 5.32 Å². The van der Waals surface area contributed by atoms with Crippen molar-refractivity contribution >= 4 is 11.8 Å². The molecule has 1 atom stereocenters. The van der Waals surface area contributed by atoms with Crippen molar-refractivity contribution in [1.29, 1.82) is 0 Å². The molecule has 1 aliphatic rings. The molecule has 1 aromatic carbocycles. The van der Waals surface area contributed by atoms with E-state index in [1.165, 1.54) is 0 Å². The van der Waals surface area contributed by atoms with Gasteiger partial charge < -0.3 is 10.2 Å². The molecule has 0 aliphatic carbocycles. The van der Waals surface area contributed by atoms with E-state index in [2.05, 4.69) is 20.5 Å². The van der Waals surface area contributed by atoms with Crippen LogP contribution in [-0.4, -0.2) is 51.5 Å². The third-order valence-corrected chi connectivity index (χ3v) is 4.17. The first-order chi connectivity index (χ1) is 11.6. The topological polar surface area (TPSA) is 91.0 Å². The number of aromatic nitrogens is 3. The Labute approximate surface area is 140 Å². The number of rotatable bonds is 4. The first kappa shape index (κ1) is 16.2. The van der Waals surface area contributed by atoms with E-state index in [9.17, 15) is 9.59 Å². The first-order valence-electron chi connectivity index (χ1n) is 8.14. The van der Waals surface area contributed by atoms with Crippen LogP contribution in [0.15, 0.2) is 30.3 Å². The van der Waals surface area contributed by atoms with Gasteiger partial charge in [0.25, 0.3) is 5.91 Å². The number of carbonyl (C=O) groups excluding carboxylic acids is 2. The van der Waals surface area contributed by atoms with Crippen molar-refractivity contribution in [3.05, 3.63) is 47.5 Å². The van der Waals surface area contributed by atoms with E-state index in [1.54, 1.807) is 11.9 Å². The maximum absolute atomic E-state index is 12.3. The Hall–Kier alpha value is -2.70. The van der Waals surface area contributed by atoms with Crippen molar-refractivity contribution in [2.24, 2.45) is 0 Å². The van der Waals surface area contributed by atoms with Crippen LogP contribution in [0.2, 0.25) is 0 Å². The number of aromatic amines is 1. The van der Waals surface area contributed by atoms with Gasteiger partial charge in [-0.1, -0.05) is 30.3 Å². The summed E-state index contributed by atoms with van der Waals surface area (Å²) in [5, 5.41) is 9.52. The third kappa shape index (κ3) is 3.79. The Bertz CT molecular complexity index is 713. The number of hydrogen-bond acceptors (Lipinski definition) is 4. The van der Waals surface area contributed by atoms with Crippen LogP contribution in [0.4, 0.5) is 0 Å². The summed E-state index contributed by atoms with van der Waals surface area (Å²) >= 11 is 0. The van der Waals surface area contributed by atoms with Crippen LogP contribution in [0, 0.1) is 0 Å². The lowest BCUT2D eigenvalue weighted by Gasteiger charge is -2.20. The lowest BCUT2D eigenvalue weighted by molar-refractivity contribution is -0.131. The fraction of sp³-hybridized carbons (Fsp3) is 0.412. The molecule has 1 fully saturated rings. The SMILES string of the molecule is CN1CCCCC(NC(=O)c2n[nH]c(Cc3ccccc3)n2)C1=O. The fourth-order valence-corrected chi connectivity index (χ4v) is 2.82. The minimum atomic E-state index is -0.499. The number of H-pyrrole nitrogens is 1. The van der Waals surface area contributed by atoms with Crippen molar-refractivity contribution in [3.8, 4) is 0 Å². The average Bonchev–Trinajstić information content (AvgIpc) is 3.00. The molecule has 0 spiro atoms. The second-order valence-electron chi connectivity index (χ2n) is 6.05. The zero-order valence-corrected chi connectivity index (χ0v) is 13.7. The Morgan fingerprint density at radius 2 is 2.12 bits per heavy atom. The van der Waals surface area contributed by atoms with Gasteiger partial charge in [-0.2, -0.15) is 0 Å². The Morgan fingerprint density at radius 3 is 2.92 bits per heavy atom. The number of amides is 2. The number of carbonyl (C=O) groups is 2. The third-order valence-electron chi connectivity index (χ3n) is 4.17. The van der Waals surface area contributed by atoms with E-state index < -0.39 is 11.9 Å². The van der Waals surface area contributed by atoms with Gasteiger partial charge in [-0.25, -0.2) is 4.98 Å². The number of hydrogen-bond donors (Lipinski definition) is 2. The molecule has 3 rings (SSSR count). The standard InChI is InChI=1S/C17H21N5O2/c1-22-10-6-5-9-13(17(22)24)18-16(23)15-19-14(20-21-15)11-12-7-3-2-4-8-12/h2-4,7-8,13H,5-6,9-11H2,1H3,(H,18,23)(H,19,20,21). The number of nitrogens with zero attached hydrogens (tertiary/aromatic N) is 3. The molecule has 0 bridgehead atoms. The summed E-state index contributed by atoms with van der Waals surface area (Å²) < 4.78 is 0. The predicted molar refractivity (Wildman–Crippen MR) is 88.4 cm³/mol. The predicted octanol–water partition coefficient (Wildman–Crippen LogP) is 1.14. The van der Waals surface area contributed by atoms with Gasteiger partial charge in [-0.05, 0) is 24.8 Å². The molecule has 2 amide bonds. The maximum Gasteiger partial charge on any atom is 0.291 e. The summed E-state index contributed by atoms with van der Waals surface area (Å²) in [6.45, 7) is 0.729. The zero-order chi connectivity index (χ0) is 16.9. The number of benzene rings is 1. The van der Waals surface area contributed by atoms with E-state index >= 15 is 0 Å². The van der Waals surface area contributed by atoms with Gasteiger partial charge in [0.1, 0.15) is 11.9 Å². The highest BCUT2D eigenvalue weighted by Crippen LogP contribution is 2.11. The van der Waals surface area contributed by atoms with Crippen LogP contribution >= 0.6 is 0 Å². The molecule has 0 saturated carbocycles. The number of likely N-dealkylation sites (tertiary alicyclic amines) is 1. The van der Waals surface area contributed by atoms with Crippen LogP contribution in [-0.2, 0) is 11.2 Å². The summed E-state index contributed by atoms with van der Waals surface area (Å²) in [6.07, 6.45) is 3.09. The van der Waals surface area contributed by atoms with Gasteiger partial charge in [-0.3, -0.25) is 14.7 Å². The van der Waals surface area contributed by atoms with Gasteiger partial charge in [0, 0.05) is 20.0 Å². The van der Waals surface area contributed by atoms with E-state index in [0.29, 0.717) is 18.7 Å². The lowest BCUT2D eigenvalue weighted by atomic mass is 10.1. The van der Waals surface area contributed by atoms with E-state index in [-0.39, 0.29) is 11.7 Å². The van der Waals surface area contributed by atoms with Crippen LogP contribution in [0.5, 0.6) is 0 Å². The normalized spacial score (nSPS) is 18.3. The summed E-state index contributed by atoms with van der Waals surface area (Å²) in [6, 6.07) is 9.33. The minimum Gasteiger partial charge on any atom is -0.344 e. The minimum absolute atomic E-state index is 0.0547. The second-order valence-corrected chi connectivity index (χ2v) is 6.05. The summed E-state index contributed by atoms with van der Waals surface area (Å²) in [5.74, 6) is 0.219. The molecule has 2 heterocycles. The lowest BCUT2D eigenvalue weighted by Crippen LogP contribution is -2.46. The molecule has 1 aromatic heterocycles. The van der Waals surface area contributed by atoms with Gasteiger partial charge in [-0.15, -0.1) is 5.10 Å². The summed E-state index contributed by atoms with van der Waals surface area (Å²) in [5.41, 5.74) is 1.08. The summed E-state index contributed by atoms with van der Waals surface area (Å²) in [7, 11) is 1.76. The van der Waals surface area contributed by atoms with Crippen molar-refractivity contribution in [2.45, 2.75) is 31.7 Å². The summed E-state index contributed by atoms with van der Waals surface area (Å²) in [4.78, 5) is 30.4. The Morgan fingerprint density at radius 1 is 1.33 bits per heavy atom. The van der Waals surface area contributed by atoms with Crippen molar-refractivity contribution in [1.82, 2.24) is 25.4 Å². The zero-order valence-electron chi connectivity index (χ0n) is 13.7. The fourth-order valence-electron chi connectivity index (χ4n) is 2.82. The smallest absolute Gasteiger partial charge is 0.291 e. The largest absolute Gasteiger partial charge is 0.344 e. The van der Waals surface area contributed by atoms with Gasteiger partial charge in [0.2, 0.25) is 11.7 Å². The van der Waals surface area contributed by atoms with E-state index in [0.717, 1.165) is 24.9 Å². The average molecular weight is 327 g/mol. The molecule has 1 saturated heterocycles. The molecule has 1 unspecified atom stereocenters. The van der Waals surface area contributed by atoms with Gasteiger partial charge in [0.15, 0.2) is 0 Å². The molecule has 7 nitrogen and oxygen atoms in total. The highest BCUT2D eigenvalue weighted by molar-refractivity contribution is 5.94. The molecule has 2 N–H and O–H groups in total. The molecular formula is C17H21N5O2. The number of nitrogens with one attached hydrogen (secondary N) is 2. The highest BCUT2D eigenvalue weighted by Gasteiger charge is 2.27. The molecule has 0 radical (unpaired) electrons. The molecule has 7 heteroatoms. The Balaban J connectivity index is 1.64. The first-order valence-corrected chi connectivity index (χ1v) is 8.14. The maximum atomic E-state index is 12.3. The number of likely N-dealkylation sites (N-methyl/N-ethyl adjacent to an activating group) is 1. The monoisotopic (exact) mass is 327 g/mol. The van der Waals surface area contributed by atoms with Gasteiger partial charge in [0.05, 0.1) is 0 Å². The van der Waals surface area contributed by atoms with Crippen molar-refractivity contribution in [2.75, 3.05) is 13.6 Å². The Kier molecular flexibility index (Phi) is 4.88. The molecule has 126 valence electrons. The molecule has 1 aliphatic heterocycles. The van der Waals surface area contributed by atoms with Crippen LogP contribution in [0.25, 0.3) is 0 Å². The van der Waals surface area contributed by atoms with Crippen molar-refractivity contribution in [3.63, 3.8) is 0 Å². The molecule has 24 heavy (non-hydrogen) atoms. The van der Waals surface area contributed by atoms with E-state index in [1.807, 2.05) is 30.3 Å². The van der Waals surface area contributed by atoms with Gasteiger partial charge >= 0.3 is 0 Å². The van der Waals surface area contributed by atoms with Crippen LogP contribution in [0.1, 0.15) is 41.3 Å². The molecular weight excluding hydrogens is 306 g/mol.